The topological polar surface area (TPSA) is 78.1 Å². The normalized spacial score (nSPS) is 11.3. The van der Waals surface area contributed by atoms with Gasteiger partial charge in [-0.25, -0.2) is 14.2 Å². The molecule has 0 amide bonds. The summed E-state index contributed by atoms with van der Waals surface area (Å²) >= 11 is 3.97. The highest BCUT2D eigenvalue weighted by molar-refractivity contribution is 7.98. The first-order chi connectivity index (χ1) is 14.0. The third kappa shape index (κ3) is 3.92. The summed E-state index contributed by atoms with van der Waals surface area (Å²) in [5, 5.41) is 9.87. The average molecular weight is 450 g/mol. The Balaban J connectivity index is 1.64. The fourth-order valence-corrected chi connectivity index (χ4v) is 5.74. The number of thiophene rings is 1. The molecule has 150 valence electrons. The molecule has 0 N–H and O–H groups in total. The minimum absolute atomic E-state index is 0.253. The highest BCUT2D eigenvalue weighted by atomic mass is 32.2. The number of nitrogens with zero attached hydrogens (tertiary/aromatic N) is 3. The van der Waals surface area contributed by atoms with Crippen LogP contribution in [0.3, 0.4) is 0 Å². The number of thiazole rings is 1. The predicted molar refractivity (Wildman–Crippen MR) is 112 cm³/mol. The number of carbonyl (C=O) groups excluding carboxylic acids is 1. The molecule has 4 rings (SSSR count). The van der Waals surface area contributed by atoms with Gasteiger partial charge in [0.15, 0.2) is 0 Å². The molecule has 0 aliphatic carbocycles. The van der Waals surface area contributed by atoms with Crippen LogP contribution in [0.15, 0.2) is 27.8 Å². The van der Waals surface area contributed by atoms with Gasteiger partial charge in [-0.1, -0.05) is 17.8 Å². The van der Waals surface area contributed by atoms with Gasteiger partial charge in [-0.2, -0.15) is 0 Å². The molecule has 3 aromatic heterocycles. The minimum Gasteiger partial charge on any atom is -0.462 e. The van der Waals surface area contributed by atoms with Gasteiger partial charge < -0.3 is 9.15 Å². The second-order valence-corrected chi connectivity index (χ2v) is 9.23. The van der Waals surface area contributed by atoms with E-state index < -0.39 is 5.97 Å². The minimum atomic E-state index is -0.453. The van der Waals surface area contributed by atoms with E-state index in [1.165, 1.54) is 40.5 Å². The average Bonchev–Trinajstić information content (AvgIpc) is 3.37. The van der Waals surface area contributed by atoms with Gasteiger partial charge in [0.1, 0.15) is 15.6 Å². The van der Waals surface area contributed by atoms with E-state index in [1.54, 1.807) is 19.1 Å². The summed E-state index contributed by atoms with van der Waals surface area (Å²) in [5.74, 6) is -0.114. The van der Waals surface area contributed by atoms with Crippen molar-refractivity contribution in [2.75, 3.05) is 6.61 Å². The number of thioether (sulfide) groups is 1. The van der Waals surface area contributed by atoms with Crippen LogP contribution in [0, 0.1) is 19.7 Å². The number of hydrogen-bond acceptors (Lipinski definition) is 9. The fraction of sp³-hybridized carbons (Fsp3) is 0.263. The molecular weight excluding hydrogens is 433 g/mol. The number of halogens is 1. The van der Waals surface area contributed by atoms with Crippen LogP contribution in [-0.2, 0) is 10.5 Å². The van der Waals surface area contributed by atoms with Gasteiger partial charge >= 0.3 is 5.97 Å². The Morgan fingerprint density at radius 1 is 1.28 bits per heavy atom. The molecule has 0 unspecified atom stereocenters. The quantitative estimate of drug-likeness (QED) is 0.279. The smallest absolute Gasteiger partial charge is 0.348 e. The van der Waals surface area contributed by atoms with Crippen LogP contribution < -0.4 is 0 Å². The van der Waals surface area contributed by atoms with Crippen molar-refractivity contribution < 1.29 is 18.3 Å². The summed E-state index contributed by atoms with van der Waals surface area (Å²) in [4.78, 5) is 18.0. The van der Waals surface area contributed by atoms with Gasteiger partial charge in [-0.05, 0) is 38.5 Å². The summed E-state index contributed by atoms with van der Waals surface area (Å²) in [6.07, 6.45) is 0. The Morgan fingerprint density at radius 2 is 2.10 bits per heavy atom. The van der Waals surface area contributed by atoms with E-state index in [9.17, 15) is 9.18 Å². The first-order valence-electron chi connectivity index (χ1n) is 8.75. The van der Waals surface area contributed by atoms with E-state index in [1.807, 2.05) is 13.8 Å². The number of aromatic nitrogens is 3. The van der Waals surface area contributed by atoms with E-state index >= 15 is 0 Å². The van der Waals surface area contributed by atoms with Crippen molar-refractivity contribution in [1.29, 1.82) is 0 Å². The summed E-state index contributed by atoms with van der Waals surface area (Å²) in [6.45, 7) is 5.80. The molecule has 29 heavy (non-hydrogen) atoms. The molecule has 0 atom stereocenters. The van der Waals surface area contributed by atoms with Gasteiger partial charge in [-0.15, -0.1) is 32.9 Å². The zero-order chi connectivity index (χ0) is 20.5. The molecule has 10 heteroatoms. The lowest BCUT2D eigenvalue weighted by Crippen LogP contribution is -2.05. The molecule has 0 saturated heterocycles. The summed E-state index contributed by atoms with van der Waals surface area (Å²) in [5.41, 5.74) is 1.42. The van der Waals surface area contributed by atoms with Gasteiger partial charge in [0.05, 0.1) is 17.3 Å². The maximum atomic E-state index is 14.5. The van der Waals surface area contributed by atoms with E-state index in [-0.39, 0.29) is 12.4 Å². The molecule has 0 aliphatic rings. The van der Waals surface area contributed by atoms with Gasteiger partial charge in [0.25, 0.3) is 11.1 Å². The Bertz CT molecular complexity index is 1200. The van der Waals surface area contributed by atoms with E-state index in [4.69, 9.17) is 9.15 Å². The Labute approximate surface area is 178 Å². The highest BCUT2D eigenvalue weighted by Gasteiger charge is 2.23. The molecule has 4 aromatic rings. The number of fused-ring (bicyclic) bond motifs is 1. The van der Waals surface area contributed by atoms with E-state index in [0.29, 0.717) is 37.4 Å². The molecule has 0 radical (unpaired) electrons. The number of rotatable bonds is 6. The molecule has 0 fully saturated rings. The van der Waals surface area contributed by atoms with Crippen LogP contribution >= 0.6 is 34.4 Å². The Kier molecular flexibility index (Phi) is 5.66. The summed E-state index contributed by atoms with van der Waals surface area (Å²) in [7, 11) is 0. The largest absolute Gasteiger partial charge is 0.462 e. The van der Waals surface area contributed by atoms with Crippen LogP contribution in [0.2, 0.25) is 0 Å². The van der Waals surface area contributed by atoms with Gasteiger partial charge in [-0.3, -0.25) is 0 Å². The van der Waals surface area contributed by atoms with Crippen LogP contribution in [-0.4, -0.2) is 27.8 Å². The molecule has 0 bridgehead atoms. The number of carbonyl (C=O) groups is 1. The van der Waals surface area contributed by atoms with E-state index in [2.05, 4.69) is 15.2 Å². The van der Waals surface area contributed by atoms with Crippen LogP contribution in [0.25, 0.3) is 20.9 Å². The zero-order valence-corrected chi connectivity index (χ0v) is 18.3. The van der Waals surface area contributed by atoms with Crippen molar-refractivity contribution >= 4 is 50.5 Å². The first kappa shape index (κ1) is 20.0. The monoisotopic (exact) mass is 449 g/mol. The number of hydrogen-bond donors (Lipinski definition) is 0. The van der Waals surface area contributed by atoms with Crippen molar-refractivity contribution in [3.8, 4) is 10.8 Å². The van der Waals surface area contributed by atoms with Crippen LogP contribution in [0.4, 0.5) is 4.39 Å². The lowest BCUT2D eigenvalue weighted by Gasteiger charge is -2.03. The molecule has 0 spiro atoms. The maximum absolute atomic E-state index is 14.5. The summed E-state index contributed by atoms with van der Waals surface area (Å²) < 4.78 is 26.1. The third-order valence-corrected chi connectivity index (χ3v) is 7.15. The molecule has 0 aliphatic heterocycles. The Hall–Kier alpha value is -2.30. The van der Waals surface area contributed by atoms with Crippen LogP contribution in [0.1, 0.15) is 32.9 Å². The van der Waals surface area contributed by atoms with E-state index in [0.717, 1.165) is 15.6 Å². The molecular formula is C19H16FN3O3S3. The fourth-order valence-electron chi connectivity index (χ4n) is 2.89. The number of ether oxygens (including phenoxy) is 1. The second-order valence-electron chi connectivity index (χ2n) is 6.05. The summed E-state index contributed by atoms with van der Waals surface area (Å²) in [6, 6.07) is 4.81. The third-order valence-electron chi connectivity index (χ3n) is 4.07. The maximum Gasteiger partial charge on any atom is 0.348 e. The zero-order valence-electron chi connectivity index (χ0n) is 15.8. The molecule has 6 nitrogen and oxygen atoms in total. The SMILES string of the molecule is CCOC(=O)c1sc2cccc(F)c2c1CSc1nnc(-c2sc(C)nc2C)o1. The lowest BCUT2D eigenvalue weighted by atomic mass is 10.1. The predicted octanol–water partition coefficient (Wildman–Crippen LogP) is 5.63. The van der Waals surface area contributed by atoms with Gasteiger partial charge in [0.2, 0.25) is 0 Å². The first-order valence-corrected chi connectivity index (χ1v) is 11.4. The van der Waals surface area contributed by atoms with Gasteiger partial charge in [0, 0.05) is 15.8 Å². The van der Waals surface area contributed by atoms with Crippen molar-refractivity contribution in [3.05, 3.63) is 45.2 Å². The standard InChI is InChI=1S/C19H16FN3O3S3/c1-4-25-18(24)16-11(14-12(20)6-5-7-13(14)29-16)8-27-19-23-22-17(26-19)15-9(2)21-10(3)28-15/h5-7H,4,8H2,1-3H3. The van der Waals surface area contributed by atoms with Crippen molar-refractivity contribution in [2.24, 2.45) is 0 Å². The Morgan fingerprint density at radius 3 is 2.83 bits per heavy atom. The molecule has 3 heterocycles. The highest BCUT2D eigenvalue weighted by Crippen LogP contribution is 2.38. The number of esters is 1. The van der Waals surface area contributed by atoms with Crippen molar-refractivity contribution in [3.63, 3.8) is 0 Å². The van der Waals surface area contributed by atoms with Crippen molar-refractivity contribution in [2.45, 2.75) is 31.7 Å². The second kappa shape index (κ2) is 8.21. The molecule has 0 saturated carbocycles. The number of aryl methyl sites for hydroxylation is 2. The number of benzene rings is 1. The lowest BCUT2D eigenvalue weighted by molar-refractivity contribution is 0.0531. The van der Waals surface area contributed by atoms with Crippen molar-refractivity contribution in [1.82, 2.24) is 15.2 Å². The molecule has 1 aromatic carbocycles. The van der Waals surface area contributed by atoms with Crippen LogP contribution in [0.5, 0.6) is 0 Å².